The van der Waals surface area contributed by atoms with Gasteiger partial charge in [-0.2, -0.15) is 13.5 Å². The molecule has 1 amide bonds. The molecule has 1 aromatic heterocycles. The summed E-state index contributed by atoms with van der Waals surface area (Å²) in [4.78, 5) is 18.3. The highest BCUT2D eigenvalue weighted by Gasteiger charge is 2.29. The fourth-order valence-electron chi connectivity index (χ4n) is 2.72. The maximum Gasteiger partial charge on any atom is 0.286 e. The van der Waals surface area contributed by atoms with Crippen LogP contribution in [-0.4, -0.2) is 54.2 Å². The largest absolute Gasteiger partial charge is 0.351 e. The zero-order chi connectivity index (χ0) is 19.4. The van der Waals surface area contributed by atoms with Crippen LogP contribution in [0, 0.1) is 0 Å². The highest BCUT2D eigenvalue weighted by molar-refractivity contribution is 7.99. The lowest BCUT2D eigenvalue weighted by Crippen LogP contribution is -2.35. The number of hydrogen-bond acceptors (Lipinski definition) is 7. The Bertz CT molecular complexity index is 957. The molecular formula is C16H20N6O3S2. The Morgan fingerprint density at radius 1 is 1.37 bits per heavy atom. The van der Waals surface area contributed by atoms with Crippen molar-refractivity contribution in [2.24, 2.45) is 4.40 Å². The number of hydrogen-bond donors (Lipinski definition) is 2. The number of carbonyl (C=O) groups excluding carboxylic acids is 1. The van der Waals surface area contributed by atoms with Gasteiger partial charge < -0.3 is 10.2 Å². The summed E-state index contributed by atoms with van der Waals surface area (Å²) in [6, 6.07) is 4.69. The zero-order valence-corrected chi connectivity index (χ0v) is 16.6. The van der Waals surface area contributed by atoms with E-state index >= 15 is 0 Å². The molecule has 1 aromatic carbocycles. The quantitative estimate of drug-likeness (QED) is 0.528. The van der Waals surface area contributed by atoms with Crippen molar-refractivity contribution in [3.63, 3.8) is 0 Å². The lowest BCUT2D eigenvalue weighted by Gasteiger charge is -2.29. The van der Waals surface area contributed by atoms with Crippen LogP contribution in [0.1, 0.15) is 30.6 Å². The van der Waals surface area contributed by atoms with Gasteiger partial charge in [0.1, 0.15) is 17.1 Å². The van der Waals surface area contributed by atoms with E-state index in [1.165, 1.54) is 24.2 Å². The summed E-state index contributed by atoms with van der Waals surface area (Å²) in [7, 11) is -3.81. The van der Waals surface area contributed by atoms with Crippen LogP contribution in [0.3, 0.4) is 0 Å². The van der Waals surface area contributed by atoms with Crippen molar-refractivity contribution in [2.75, 3.05) is 23.7 Å². The number of rotatable bonds is 7. The Labute approximate surface area is 161 Å². The zero-order valence-electron chi connectivity index (χ0n) is 15.0. The third kappa shape index (κ3) is 4.30. The monoisotopic (exact) mass is 408 g/mol. The minimum absolute atomic E-state index is 0.0604. The number of amidine groups is 1. The van der Waals surface area contributed by atoms with Crippen LogP contribution >= 0.6 is 11.8 Å². The van der Waals surface area contributed by atoms with E-state index in [0.29, 0.717) is 35.5 Å². The van der Waals surface area contributed by atoms with Gasteiger partial charge in [-0.3, -0.25) is 9.89 Å². The molecule has 0 unspecified atom stereocenters. The number of nitrogens with zero attached hydrogens (tertiary/aromatic N) is 4. The molecule has 0 fully saturated rings. The van der Waals surface area contributed by atoms with Gasteiger partial charge in [0.25, 0.3) is 15.9 Å². The number of nitrogens with one attached hydrogen (secondary N) is 2. The van der Waals surface area contributed by atoms with Crippen molar-refractivity contribution >= 4 is 39.2 Å². The Hall–Kier alpha value is -2.40. The lowest BCUT2D eigenvalue weighted by molar-refractivity contribution is 0.0956. The Balaban J connectivity index is 1.72. The van der Waals surface area contributed by atoms with Gasteiger partial charge in [0.05, 0.1) is 5.69 Å². The van der Waals surface area contributed by atoms with Gasteiger partial charge in [0, 0.05) is 24.4 Å². The van der Waals surface area contributed by atoms with Gasteiger partial charge in [0.2, 0.25) is 0 Å². The molecule has 0 saturated carbocycles. The van der Waals surface area contributed by atoms with Gasteiger partial charge >= 0.3 is 0 Å². The predicted octanol–water partition coefficient (Wildman–Crippen LogP) is 1.66. The molecule has 1 aliphatic rings. The maximum atomic E-state index is 12.4. The first-order valence-corrected chi connectivity index (χ1v) is 10.8. The van der Waals surface area contributed by atoms with E-state index < -0.39 is 10.0 Å². The molecule has 2 N–H and O–H groups in total. The predicted molar refractivity (Wildman–Crippen MR) is 104 cm³/mol. The second kappa shape index (κ2) is 8.09. The fourth-order valence-corrected chi connectivity index (χ4v) is 4.62. The van der Waals surface area contributed by atoms with E-state index in [4.69, 9.17) is 0 Å². The number of carbonyl (C=O) groups is 1. The number of benzene rings is 1. The first-order chi connectivity index (χ1) is 12.9. The van der Waals surface area contributed by atoms with Crippen molar-refractivity contribution in [3.05, 3.63) is 30.1 Å². The average Bonchev–Trinajstić information content (AvgIpc) is 3.15. The van der Waals surface area contributed by atoms with Crippen molar-refractivity contribution < 1.29 is 13.2 Å². The van der Waals surface area contributed by atoms with E-state index in [-0.39, 0.29) is 16.4 Å². The topological polar surface area (TPSA) is 120 Å². The molecule has 144 valence electrons. The first-order valence-electron chi connectivity index (χ1n) is 8.42. The molecule has 1 aliphatic heterocycles. The number of fused-ring (bicyclic) bond motifs is 1. The SMILES string of the molecule is CCCN1C(C)=NS(=O)(=O)c2cc(C(=O)NCCSc3ncn[nH]3)ccc21. The summed E-state index contributed by atoms with van der Waals surface area (Å²) in [5.74, 6) is 0.711. The van der Waals surface area contributed by atoms with Crippen LogP contribution in [0.2, 0.25) is 0 Å². The molecule has 2 heterocycles. The summed E-state index contributed by atoms with van der Waals surface area (Å²) in [5, 5.41) is 9.92. The highest BCUT2D eigenvalue weighted by atomic mass is 32.2. The number of thioether (sulfide) groups is 1. The van der Waals surface area contributed by atoms with E-state index in [9.17, 15) is 13.2 Å². The first kappa shape index (κ1) is 19.4. The van der Waals surface area contributed by atoms with Gasteiger partial charge in [-0.05, 0) is 31.5 Å². The number of aromatic amines is 1. The number of anilines is 1. The molecule has 3 rings (SSSR count). The molecule has 2 aromatic rings. The molecular weight excluding hydrogens is 388 g/mol. The normalized spacial score (nSPS) is 15.2. The third-order valence-corrected chi connectivity index (χ3v) is 6.17. The van der Waals surface area contributed by atoms with E-state index in [1.807, 2.05) is 11.8 Å². The van der Waals surface area contributed by atoms with Crippen LogP contribution < -0.4 is 10.2 Å². The highest BCUT2D eigenvalue weighted by Crippen LogP contribution is 2.32. The van der Waals surface area contributed by atoms with Gasteiger partial charge in [-0.25, -0.2) is 4.98 Å². The molecule has 0 saturated heterocycles. The van der Waals surface area contributed by atoms with Crippen molar-refractivity contribution in [3.8, 4) is 0 Å². The van der Waals surface area contributed by atoms with Gasteiger partial charge in [0.15, 0.2) is 5.16 Å². The minimum Gasteiger partial charge on any atom is -0.351 e. The lowest BCUT2D eigenvalue weighted by atomic mass is 10.1. The smallest absolute Gasteiger partial charge is 0.286 e. The van der Waals surface area contributed by atoms with Gasteiger partial charge in [-0.1, -0.05) is 18.7 Å². The summed E-state index contributed by atoms with van der Waals surface area (Å²) >= 11 is 1.43. The van der Waals surface area contributed by atoms with Crippen molar-refractivity contribution in [2.45, 2.75) is 30.3 Å². The number of sulfonamides is 1. The van der Waals surface area contributed by atoms with Gasteiger partial charge in [-0.15, -0.1) is 4.40 Å². The van der Waals surface area contributed by atoms with Crippen LogP contribution in [0.25, 0.3) is 0 Å². The number of H-pyrrole nitrogens is 1. The standard InChI is InChI=1S/C16H20N6O3S2/c1-3-7-22-11(2)21-27(24,25)14-9-12(4-5-13(14)22)15(23)17-6-8-26-16-18-10-19-20-16/h4-5,9-10H,3,6-8H2,1-2H3,(H,17,23)(H,18,19,20). The molecule has 11 heteroatoms. The van der Waals surface area contributed by atoms with E-state index in [2.05, 4.69) is 24.9 Å². The summed E-state index contributed by atoms with van der Waals surface area (Å²) in [5.41, 5.74) is 0.843. The van der Waals surface area contributed by atoms with Crippen molar-refractivity contribution in [1.82, 2.24) is 20.5 Å². The van der Waals surface area contributed by atoms with Crippen LogP contribution in [0.15, 0.2) is 39.0 Å². The van der Waals surface area contributed by atoms with Crippen LogP contribution in [0.5, 0.6) is 0 Å². The number of amides is 1. The van der Waals surface area contributed by atoms with Crippen LogP contribution in [-0.2, 0) is 10.0 Å². The van der Waals surface area contributed by atoms with E-state index in [0.717, 1.165) is 6.42 Å². The Morgan fingerprint density at radius 3 is 2.89 bits per heavy atom. The summed E-state index contributed by atoms with van der Waals surface area (Å²) < 4.78 is 28.7. The van der Waals surface area contributed by atoms with Crippen molar-refractivity contribution in [1.29, 1.82) is 0 Å². The van der Waals surface area contributed by atoms with Crippen LogP contribution in [0.4, 0.5) is 5.69 Å². The fraction of sp³-hybridized carbons (Fsp3) is 0.375. The third-order valence-electron chi connectivity index (χ3n) is 3.90. The van der Waals surface area contributed by atoms with E-state index in [1.54, 1.807) is 19.1 Å². The Morgan fingerprint density at radius 2 is 2.19 bits per heavy atom. The molecule has 0 spiro atoms. The second-order valence-corrected chi connectivity index (χ2v) is 8.50. The summed E-state index contributed by atoms with van der Waals surface area (Å²) in [6.45, 7) is 4.74. The maximum absolute atomic E-state index is 12.4. The molecule has 0 radical (unpaired) electrons. The second-order valence-electron chi connectivity index (χ2n) is 5.84. The molecule has 0 atom stereocenters. The number of aromatic nitrogens is 3. The Kier molecular flexibility index (Phi) is 5.80. The molecule has 0 bridgehead atoms. The molecule has 0 aliphatic carbocycles. The molecule has 27 heavy (non-hydrogen) atoms. The molecule has 9 nitrogen and oxygen atoms in total. The summed E-state index contributed by atoms with van der Waals surface area (Å²) in [6.07, 6.45) is 2.26. The average molecular weight is 409 g/mol. The minimum atomic E-state index is -3.81.